The monoisotopic (exact) mass is 436 g/mol. The van der Waals surface area contributed by atoms with Crippen molar-refractivity contribution in [3.8, 4) is 11.5 Å². The van der Waals surface area contributed by atoms with Gasteiger partial charge < -0.3 is 19.7 Å². The lowest BCUT2D eigenvalue weighted by Gasteiger charge is -2.18. The van der Waals surface area contributed by atoms with E-state index in [1.165, 1.54) is 31.3 Å². The van der Waals surface area contributed by atoms with Crippen molar-refractivity contribution in [2.45, 2.75) is 18.6 Å². The fourth-order valence-electron chi connectivity index (χ4n) is 3.70. The highest BCUT2D eigenvalue weighted by molar-refractivity contribution is 6.02. The molecule has 2 aromatic carbocycles. The van der Waals surface area contributed by atoms with Crippen molar-refractivity contribution in [1.29, 1.82) is 0 Å². The van der Waals surface area contributed by atoms with E-state index in [0.717, 1.165) is 12.1 Å². The normalized spacial score (nSPS) is 18.8. The van der Waals surface area contributed by atoms with Gasteiger partial charge in [-0.15, -0.1) is 0 Å². The van der Waals surface area contributed by atoms with Crippen LogP contribution in [-0.4, -0.2) is 44.5 Å². The van der Waals surface area contributed by atoms with E-state index >= 15 is 0 Å². The number of carbonyl (C=O) groups is 2. The zero-order valence-corrected chi connectivity index (χ0v) is 17.3. The number of likely N-dealkylation sites (N-methyl/N-ethyl adjacent to an activating group) is 1. The third-order valence-corrected chi connectivity index (χ3v) is 5.41. The van der Waals surface area contributed by atoms with Gasteiger partial charge in [0.05, 0.1) is 19.8 Å². The summed E-state index contributed by atoms with van der Waals surface area (Å²) in [5.74, 6) is -1.31. The van der Waals surface area contributed by atoms with Crippen LogP contribution in [0.25, 0.3) is 0 Å². The van der Waals surface area contributed by atoms with Crippen LogP contribution in [0.2, 0.25) is 0 Å². The van der Waals surface area contributed by atoms with Crippen LogP contribution in [-0.2, 0) is 22.3 Å². The minimum absolute atomic E-state index is 0.124. The van der Waals surface area contributed by atoms with E-state index in [0.29, 0.717) is 22.6 Å². The molecule has 1 fully saturated rings. The third kappa shape index (κ3) is 4.76. The summed E-state index contributed by atoms with van der Waals surface area (Å²) in [6.45, 7) is 0.368. The van der Waals surface area contributed by atoms with E-state index in [-0.39, 0.29) is 19.0 Å². The number of carbonyl (C=O) groups excluding carboxylic acids is 2. The van der Waals surface area contributed by atoms with E-state index in [4.69, 9.17) is 9.47 Å². The number of benzene rings is 2. The van der Waals surface area contributed by atoms with Crippen LogP contribution in [0.4, 0.5) is 13.2 Å². The Kier molecular flexibility index (Phi) is 6.42. The second kappa shape index (κ2) is 8.87. The molecular formula is C22H23F3N2O4. The number of amides is 2. The van der Waals surface area contributed by atoms with Crippen molar-refractivity contribution in [1.82, 2.24) is 10.2 Å². The molecule has 0 radical (unpaired) electrons. The minimum atomic E-state index is -4.45. The first-order valence-electron chi connectivity index (χ1n) is 9.56. The first kappa shape index (κ1) is 22.5. The second-order valence-electron chi connectivity index (χ2n) is 7.32. The van der Waals surface area contributed by atoms with Crippen LogP contribution >= 0.6 is 0 Å². The first-order valence-corrected chi connectivity index (χ1v) is 9.56. The Labute approximate surface area is 177 Å². The van der Waals surface area contributed by atoms with Gasteiger partial charge in [0.1, 0.15) is 17.4 Å². The van der Waals surface area contributed by atoms with Crippen LogP contribution < -0.4 is 14.8 Å². The molecule has 2 atom stereocenters. The summed E-state index contributed by atoms with van der Waals surface area (Å²) in [5, 5.41) is 2.75. The molecule has 2 amide bonds. The average molecular weight is 436 g/mol. The molecule has 1 aliphatic rings. The van der Waals surface area contributed by atoms with Gasteiger partial charge in [-0.2, -0.15) is 13.2 Å². The zero-order valence-electron chi connectivity index (χ0n) is 17.3. The molecule has 1 aliphatic heterocycles. The molecule has 0 aromatic heterocycles. The van der Waals surface area contributed by atoms with E-state index < -0.39 is 29.5 Å². The molecule has 166 valence electrons. The number of ether oxygens (including phenoxy) is 2. The fourth-order valence-corrected chi connectivity index (χ4v) is 3.70. The van der Waals surface area contributed by atoms with Crippen LogP contribution in [0.15, 0.2) is 42.5 Å². The van der Waals surface area contributed by atoms with Gasteiger partial charge in [-0.25, -0.2) is 0 Å². The number of nitrogens with one attached hydrogen (secondary N) is 1. The number of hydrogen-bond donors (Lipinski definition) is 1. The number of rotatable bonds is 6. The van der Waals surface area contributed by atoms with Crippen molar-refractivity contribution in [2.75, 3.05) is 27.8 Å². The summed E-state index contributed by atoms with van der Waals surface area (Å²) in [6, 6.07) is 9.74. The highest BCUT2D eigenvalue weighted by Gasteiger charge is 2.44. The second-order valence-corrected chi connectivity index (χ2v) is 7.32. The molecular weight excluding hydrogens is 413 g/mol. The molecule has 2 aromatic rings. The van der Waals surface area contributed by atoms with Gasteiger partial charge in [0.15, 0.2) is 0 Å². The van der Waals surface area contributed by atoms with Crippen molar-refractivity contribution in [2.24, 2.45) is 5.92 Å². The summed E-state index contributed by atoms with van der Waals surface area (Å²) < 4.78 is 49.0. The number of likely N-dealkylation sites (tertiary alicyclic amines) is 1. The predicted octanol–water partition coefficient (Wildman–Crippen LogP) is 3.21. The van der Waals surface area contributed by atoms with Crippen LogP contribution in [0.3, 0.4) is 0 Å². The summed E-state index contributed by atoms with van der Waals surface area (Å²) in [5.41, 5.74) is 0.427. The summed E-state index contributed by atoms with van der Waals surface area (Å²) >= 11 is 0. The molecule has 31 heavy (non-hydrogen) atoms. The Bertz CT molecular complexity index is 960. The number of hydrogen-bond acceptors (Lipinski definition) is 4. The Morgan fingerprint density at radius 1 is 1.13 bits per heavy atom. The Hall–Kier alpha value is -3.23. The maximum atomic E-state index is 12.9. The molecule has 6 nitrogen and oxygen atoms in total. The van der Waals surface area contributed by atoms with E-state index in [9.17, 15) is 22.8 Å². The first-order chi connectivity index (χ1) is 14.7. The largest absolute Gasteiger partial charge is 0.497 e. The van der Waals surface area contributed by atoms with Crippen LogP contribution in [0.1, 0.15) is 22.6 Å². The summed E-state index contributed by atoms with van der Waals surface area (Å²) in [4.78, 5) is 26.9. The maximum Gasteiger partial charge on any atom is 0.416 e. The number of halogens is 3. The maximum absolute atomic E-state index is 12.9. The van der Waals surface area contributed by atoms with Gasteiger partial charge in [0.25, 0.3) is 0 Å². The molecule has 1 heterocycles. The lowest BCUT2D eigenvalue weighted by Crippen LogP contribution is -2.37. The Balaban J connectivity index is 1.77. The zero-order chi connectivity index (χ0) is 22.8. The number of methoxy groups -OCH3 is 2. The molecule has 9 heteroatoms. The van der Waals surface area contributed by atoms with Gasteiger partial charge in [0, 0.05) is 37.7 Å². The van der Waals surface area contributed by atoms with Crippen molar-refractivity contribution >= 4 is 11.8 Å². The Morgan fingerprint density at radius 2 is 1.81 bits per heavy atom. The highest BCUT2D eigenvalue weighted by atomic mass is 19.4. The fraction of sp³-hybridized carbons (Fsp3) is 0.364. The van der Waals surface area contributed by atoms with Crippen molar-refractivity contribution < 1.29 is 32.2 Å². The lowest BCUT2D eigenvalue weighted by molar-refractivity contribution is -0.138. The van der Waals surface area contributed by atoms with Crippen molar-refractivity contribution in [3.05, 3.63) is 59.2 Å². The van der Waals surface area contributed by atoms with E-state index in [1.807, 2.05) is 0 Å². The number of nitrogens with zero attached hydrogens (tertiary/aromatic N) is 1. The Morgan fingerprint density at radius 3 is 2.39 bits per heavy atom. The third-order valence-electron chi connectivity index (χ3n) is 5.41. The summed E-state index contributed by atoms with van der Waals surface area (Å²) in [7, 11) is 4.59. The lowest BCUT2D eigenvalue weighted by atomic mass is 9.87. The van der Waals surface area contributed by atoms with Crippen LogP contribution in [0.5, 0.6) is 11.5 Å². The summed E-state index contributed by atoms with van der Waals surface area (Å²) in [6.07, 6.45) is -4.45. The van der Waals surface area contributed by atoms with Gasteiger partial charge >= 0.3 is 6.18 Å². The standard InChI is InChI=1S/C22H23F3N2O4/c1-27-12-17(13-4-7-15(8-5-13)22(23,24)25)19(21(27)29)20(28)26-11-14-6-9-16(30-2)10-18(14)31-3/h4-10,17,19H,11-12H2,1-3H3,(H,26,28)/t17-,19+/m1/s1. The minimum Gasteiger partial charge on any atom is -0.497 e. The smallest absolute Gasteiger partial charge is 0.416 e. The highest BCUT2D eigenvalue weighted by Crippen LogP contribution is 2.36. The van der Waals surface area contributed by atoms with Gasteiger partial charge in [-0.3, -0.25) is 9.59 Å². The van der Waals surface area contributed by atoms with E-state index in [1.54, 1.807) is 25.2 Å². The van der Waals surface area contributed by atoms with Crippen LogP contribution in [0, 0.1) is 5.92 Å². The molecule has 1 saturated heterocycles. The number of alkyl halides is 3. The predicted molar refractivity (Wildman–Crippen MR) is 107 cm³/mol. The molecule has 0 unspecified atom stereocenters. The topological polar surface area (TPSA) is 67.9 Å². The SMILES string of the molecule is COc1ccc(CNC(=O)[C@H]2C(=O)N(C)C[C@@H]2c2ccc(C(F)(F)F)cc2)c(OC)c1. The molecule has 0 aliphatic carbocycles. The van der Waals surface area contributed by atoms with Gasteiger partial charge in [-0.1, -0.05) is 12.1 Å². The average Bonchev–Trinajstić information content (AvgIpc) is 3.05. The van der Waals surface area contributed by atoms with E-state index in [2.05, 4.69) is 5.32 Å². The molecule has 0 spiro atoms. The molecule has 3 rings (SSSR count). The molecule has 0 bridgehead atoms. The molecule has 0 saturated carbocycles. The van der Waals surface area contributed by atoms with Gasteiger partial charge in [0.2, 0.25) is 11.8 Å². The van der Waals surface area contributed by atoms with Crippen molar-refractivity contribution in [3.63, 3.8) is 0 Å². The van der Waals surface area contributed by atoms with Gasteiger partial charge in [-0.05, 0) is 29.8 Å². The quantitative estimate of drug-likeness (QED) is 0.707. The molecule has 1 N–H and O–H groups in total.